The first-order valence-corrected chi connectivity index (χ1v) is 9.91. The van der Waals surface area contributed by atoms with Crippen LogP contribution in [0.1, 0.15) is 33.8 Å². The summed E-state index contributed by atoms with van der Waals surface area (Å²) in [7, 11) is 1.58. The monoisotopic (exact) mass is 412 g/mol. The molecule has 11 nitrogen and oxygen atoms in total. The number of aromatic nitrogens is 6. The number of hydrogen-bond donors (Lipinski definition) is 1. The van der Waals surface area contributed by atoms with E-state index in [1.165, 1.54) is 0 Å². The molecule has 1 fully saturated rings. The predicted octanol–water partition coefficient (Wildman–Crippen LogP) is 0.249. The number of ether oxygens (including phenoxy) is 1. The summed E-state index contributed by atoms with van der Waals surface area (Å²) >= 11 is 0. The summed E-state index contributed by atoms with van der Waals surface area (Å²) in [5.41, 5.74) is 1.31. The first kappa shape index (κ1) is 20.0. The Morgan fingerprint density at radius 2 is 2.23 bits per heavy atom. The number of piperidine rings is 1. The maximum atomic E-state index is 12.9. The molecule has 3 aromatic rings. The summed E-state index contributed by atoms with van der Waals surface area (Å²) in [6.07, 6.45) is 6.96. The maximum absolute atomic E-state index is 12.9. The zero-order valence-corrected chi connectivity index (χ0v) is 16.8. The van der Waals surface area contributed by atoms with Crippen molar-refractivity contribution in [2.75, 3.05) is 33.4 Å². The Morgan fingerprint density at radius 3 is 3.07 bits per heavy atom. The first-order valence-electron chi connectivity index (χ1n) is 9.91. The lowest BCUT2D eigenvalue weighted by Crippen LogP contribution is -2.41. The van der Waals surface area contributed by atoms with Crippen molar-refractivity contribution in [3.63, 3.8) is 0 Å². The van der Waals surface area contributed by atoms with Gasteiger partial charge in [0.1, 0.15) is 0 Å². The Labute approximate surface area is 173 Å². The minimum absolute atomic E-state index is 0.0954. The molecule has 0 spiro atoms. The smallest absolute Gasteiger partial charge is 0.274 e. The molecule has 0 aliphatic carbocycles. The largest absolute Gasteiger partial charge is 0.383 e. The van der Waals surface area contributed by atoms with Crippen LogP contribution in [0, 0.1) is 5.92 Å². The Bertz CT molecular complexity index is 997. The molecule has 11 heteroatoms. The molecule has 2 amide bonds. The number of likely N-dealkylation sites (tertiary alicyclic amines) is 1. The molecule has 0 aromatic carbocycles. The summed E-state index contributed by atoms with van der Waals surface area (Å²) in [5, 5.41) is 15.1. The lowest BCUT2D eigenvalue weighted by Gasteiger charge is -2.32. The Hall–Kier alpha value is -3.34. The van der Waals surface area contributed by atoms with Gasteiger partial charge in [0.2, 0.25) is 0 Å². The van der Waals surface area contributed by atoms with E-state index in [4.69, 9.17) is 4.74 Å². The molecule has 0 bridgehead atoms. The molecule has 1 aliphatic heterocycles. The molecule has 4 heterocycles. The van der Waals surface area contributed by atoms with Crippen LogP contribution in [0.15, 0.2) is 30.7 Å². The van der Waals surface area contributed by atoms with Gasteiger partial charge in [0, 0.05) is 51.7 Å². The minimum Gasteiger partial charge on any atom is -0.383 e. The van der Waals surface area contributed by atoms with Crippen molar-refractivity contribution < 1.29 is 14.3 Å². The van der Waals surface area contributed by atoms with Crippen molar-refractivity contribution in [1.29, 1.82) is 0 Å². The van der Waals surface area contributed by atoms with E-state index in [0.29, 0.717) is 44.1 Å². The third-order valence-electron chi connectivity index (χ3n) is 5.07. The van der Waals surface area contributed by atoms with E-state index >= 15 is 0 Å². The van der Waals surface area contributed by atoms with Crippen LogP contribution in [0.3, 0.4) is 0 Å². The first-order chi connectivity index (χ1) is 14.6. The van der Waals surface area contributed by atoms with Gasteiger partial charge in [-0.15, -0.1) is 5.10 Å². The Balaban J connectivity index is 1.36. The summed E-state index contributed by atoms with van der Waals surface area (Å²) < 4.78 is 8.18. The Morgan fingerprint density at radius 1 is 1.33 bits per heavy atom. The fraction of sp³-hybridized carbons (Fsp3) is 0.474. The zero-order valence-electron chi connectivity index (χ0n) is 16.8. The Kier molecular flexibility index (Phi) is 5.98. The second-order valence-corrected chi connectivity index (χ2v) is 7.29. The van der Waals surface area contributed by atoms with E-state index in [1.54, 1.807) is 47.0 Å². The van der Waals surface area contributed by atoms with E-state index in [9.17, 15) is 9.59 Å². The van der Waals surface area contributed by atoms with Crippen molar-refractivity contribution in [3.8, 4) is 0 Å². The standard InChI is InChI=1S/C19H24N8O3/c1-30-9-6-21-18(28)16-13-26(24-22-16)12-14-4-2-7-25(11-14)19(29)15-10-17-20-5-3-8-27(17)23-15/h3,5,8,10,13-14H,2,4,6-7,9,11-12H2,1H3,(H,21,28)/t14-/m0/s1. The second kappa shape index (κ2) is 8.99. The van der Waals surface area contributed by atoms with Crippen LogP contribution < -0.4 is 5.32 Å². The van der Waals surface area contributed by atoms with E-state index in [-0.39, 0.29) is 23.4 Å². The number of nitrogens with one attached hydrogen (secondary N) is 1. The fourth-order valence-corrected chi connectivity index (χ4v) is 3.61. The third-order valence-corrected chi connectivity index (χ3v) is 5.07. The molecule has 3 aromatic heterocycles. The average Bonchev–Trinajstić information content (AvgIpc) is 3.40. The average molecular weight is 412 g/mol. The summed E-state index contributed by atoms with van der Waals surface area (Å²) in [6, 6.07) is 3.48. The van der Waals surface area contributed by atoms with Crippen LogP contribution in [0.25, 0.3) is 5.65 Å². The molecule has 30 heavy (non-hydrogen) atoms. The molecular formula is C19H24N8O3. The summed E-state index contributed by atoms with van der Waals surface area (Å²) in [6.45, 7) is 2.75. The topological polar surface area (TPSA) is 120 Å². The van der Waals surface area contributed by atoms with E-state index in [2.05, 4.69) is 25.7 Å². The van der Waals surface area contributed by atoms with Crippen LogP contribution in [0.2, 0.25) is 0 Å². The van der Waals surface area contributed by atoms with Gasteiger partial charge in [-0.2, -0.15) is 5.10 Å². The van der Waals surface area contributed by atoms with Gasteiger partial charge in [-0.25, -0.2) is 9.50 Å². The van der Waals surface area contributed by atoms with Crippen molar-refractivity contribution in [2.45, 2.75) is 19.4 Å². The number of fused-ring (bicyclic) bond motifs is 1. The van der Waals surface area contributed by atoms with Gasteiger partial charge in [-0.05, 0) is 24.8 Å². The third kappa shape index (κ3) is 4.46. The highest BCUT2D eigenvalue weighted by molar-refractivity contribution is 5.93. The van der Waals surface area contributed by atoms with Crippen LogP contribution in [-0.4, -0.2) is 79.7 Å². The van der Waals surface area contributed by atoms with Gasteiger partial charge in [0.05, 0.1) is 12.8 Å². The van der Waals surface area contributed by atoms with Crippen LogP contribution in [0.4, 0.5) is 0 Å². The number of amides is 2. The number of carbonyl (C=O) groups excluding carboxylic acids is 2. The molecule has 0 saturated carbocycles. The summed E-state index contributed by atoms with van der Waals surface area (Å²) in [4.78, 5) is 31.0. The number of rotatable bonds is 7. The highest BCUT2D eigenvalue weighted by Crippen LogP contribution is 2.20. The van der Waals surface area contributed by atoms with Gasteiger partial charge in [-0.1, -0.05) is 5.21 Å². The normalized spacial score (nSPS) is 16.7. The molecule has 1 N–H and O–H groups in total. The quantitative estimate of drug-likeness (QED) is 0.552. The molecule has 4 rings (SSSR count). The molecule has 0 unspecified atom stereocenters. The highest BCUT2D eigenvalue weighted by atomic mass is 16.5. The lowest BCUT2D eigenvalue weighted by molar-refractivity contribution is 0.0653. The lowest BCUT2D eigenvalue weighted by atomic mass is 9.98. The van der Waals surface area contributed by atoms with E-state index in [1.807, 2.05) is 4.90 Å². The molecule has 1 aliphatic rings. The van der Waals surface area contributed by atoms with Crippen LogP contribution in [0.5, 0.6) is 0 Å². The molecule has 1 saturated heterocycles. The van der Waals surface area contributed by atoms with Gasteiger partial charge in [0.25, 0.3) is 11.8 Å². The maximum Gasteiger partial charge on any atom is 0.274 e. The predicted molar refractivity (Wildman–Crippen MR) is 106 cm³/mol. The number of carbonyl (C=O) groups is 2. The van der Waals surface area contributed by atoms with Gasteiger partial charge in [0.15, 0.2) is 17.0 Å². The van der Waals surface area contributed by atoms with Crippen molar-refractivity contribution in [3.05, 3.63) is 42.1 Å². The summed E-state index contributed by atoms with van der Waals surface area (Å²) in [5.74, 6) is -0.148. The minimum atomic E-state index is -0.279. The van der Waals surface area contributed by atoms with Crippen molar-refractivity contribution in [2.24, 2.45) is 5.92 Å². The fourth-order valence-electron chi connectivity index (χ4n) is 3.61. The van der Waals surface area contributed by atoms with Crippen molar-refractivity contribution in [1.82, 2.24) is 39.8 Å². The molecular weight excluding hydrogens is 388 g/mol. The molecule has 158 valence electrons. The van der Waals surface area contributed by atoms with Crippen LogP contribution >= 0.6 is 0 Å². The van der Waals surface area contributed by atoms with E-state index in [0.717, 1.165) is 12.8 Å². The SMILES string of the molecule is COCCNC(=O)c1cn(C[C@H]2CCCN(C(=O)c3cc4ncccn4n3)C2)nn1. The molecule has 1 atom stereocenters. The molecule has 0 radical (unpaired) electrons. The second-order valence-electron chi connectivity index (χ2n) is 7.29. The van der Waals surface area contributed by atoms with Crippen LogP contribution in [-0.2, 0) is 11.3 Å². The zero-order chi connectivity index (χ0) is 20.9. The number of methoxy groups -OCH3 is 1. The highest BCUT2D eigenvalue weighted by Gasteiger charge is 2.27. The number of hydrogen-bond acceptors (Lipinski definition) is 7. The number of nitrogens with zero attached hydrogens (tertiary/aromatic N) is 7. The van der Waals surface area contributed by atoms with Gasteiger partial charge < -0.3 is 15.0 Å². The van der Waals surface area contributed by atoms with Crippen molar-refractivity contribution >= 4 is 17.5 Å². The van der Waals surface area contributed by atoms with Gasteiger partial charge in [-0.3, -0.25) is 14.3 Å². The van der Waals surface area contributed by atoms with E-state index < -0.39 is 0 Å². The van der Waals surface area contributed by atoms with Gasteiger partial charge >= 0.3 is 0 Å².